The van der Waals surface area contributed by atoms with E-state index in [1.807, 2.05) is 6.07 Å². The van der Waals surface area contributed by atoms with E-state index in [2.05, 4.69) is 10.1 Å². The van der Waals surface area contributed by atoms with Gasteiger partial charge >= 0.3 is 0 Å². The van der Waals surface area contributed by atoms with E-state index in [9.17, 15) is 8.42 Å². The Morgan fingerprint density at radius 2 is 2.15 bits per heavy atom. The minimum Gasteiger partial charge on any atom is -0.367 e. The van der Waals surface area contributed by atoms with E-state index in [0.717, 1.165) is 6.42 Å². The third-order valence-corrected chi connectivity index (χ3v) is 5.73. The Kier molecular flexibility index (Phi) is 3.21. The fourth-order valence-electron chi connectivity index (χ4n) is 2.57. The summed E-state index contributed by atoms with van der Waals surface area (Å²) in [6.45, 7) is 0. The third kappa shape index (κ3) is 2.18. The van der Waals surface area contributed by atoms with E-state index in [4.69, 9.17) is 10.3 Å². The summed E-state index contributed by atoms with van der Waals surface area (Å²) in [6.07, 6.45) is 3.73. The number of rotatable bonds is 2. The molecule has 1 fully saturated rings. The van der Waals surface area contributed by atoms with Crippen LogP contribution in [0.1, 0.15) is 30.2 Å². The fourth-order valence-corrected chi connectivity index (χ4v) is 4.48. The minimum absolute atomic E-state index is 0.111. The summed E-state index contributed by atoms with van der Waals surface area (Å²) < 4.78 is 29.5. The van der Waals surface area contributed by atoms with Crippen LogP contribution in [0.15, 0.2) is 28.9 Å². The smallest absolute Gasteiger partial charge is 0.231 e. The molecule has 7 heteroatoms. The second-order valence-electron chi connectivity index (χ2n) is 4.87. The summed E-state index contributed by atoms with van der Waals surface area (Å²) in [4.78, 5) is 4.21. The standard InChI is InChI=1S/C13H15N3O3S/c14-13-11(9-5-1-3-7-15-9)12(16-19-13)10-6-2-4-8-20(10,17)18/h1,3,5,7,10H,2,4,6,8,14H2. The van der Waals surface area contributed by atoms with Gasteiger partial charge in [-0.3, -0.25) is 4.98 Å². The van der Waals surface area contributed by atoms with E-state index in [1.54, 1.807) is 18.3 Å². The van der Waals surface area contributed by atoms with Crippen molar-refractivity contribution in [3.63, 3.8) is 0 Å². The molecule has 0 aliphatic carbocycles. The first kappa shape index (κ1) is 13.1. The van der Waals surface area contributed by atoms with E-state index in [-0.39, 0.29) is 11.6 Å². The molecular formula is C13H15N3O3S. The van der Waals surface area contributed by atoms with Gasteiger partial charge in [-0.25, -0.2) is 8.42 Å². The van der Waals surface area contributed by atoms with Gasteiger partial charge in [0.2, 0.25) is 5.88 Å². The topological polar surface area (TPSA) is 99.1 Å². The Labute approximate surface area is 116 Å². The first-order chi connectivity index (χ1) is 9.59. The molecule has 1 aliphatic heterocycles. The zero-order chi connectivity index (χ0) is 14.2. The summed E-state index contributed by atoms with van der Waals surface area (Å²) in [7, 11) is -3.20. The molecule has 0 spiro atoms. The highest BCUT2D eigenvalue weighted by molar-refractivity contribution is 7.91. The van der Waals surface area contributed by atoms with Crippen LogP contribution in [-0.4, -0.2) is 24.3 Å². The van der Waals surface area contributed by atoms with Crippen molar-refractivity contribution in [3.8, 4) is 11.3 Å². The molecule has 2 aromatic rings. The lowest BCUT2D eigenvalue weighted by molar-refractivity contribution is 0.421. The Morgan fingerprint density at radius 3 is 2.85 bits per heavy atom. The van der Waals surface area contributed by atoms with Gasteiger partial charge in [0.1, 0.15) is 10.9 Å². The second-order valence-corrected chi connectivity index (χ2v) is 7.18. The van der Waals surface area contributed by atoms with Crippen molar-refractivity contribution in [2.45, 2.75) is 24.5 Å². The maximum absolute atomic E-state index is 12.2. The average Bonchev–Trinajstić information content (AvgIpc) is 2.81. The number of aromatic nitrogens is 2. The van der Waals surface area contributed by atoms with Crippen molar-refractivity contribution in [3.05, 3.63) is 30.1 Å². The molecule has 0 amide bonds. The zero-order valence-electron chi connectivity index (χ0n) is 10.8. The highest BCUT2D eigenvalue weighted by atomic mass is 32.2. The van der Waals surface area contributed by atoms with Gasteiger partial charge in [0.05, 0.1) is 17.0 Å². The number of pyridine rings is 1. The van der Waals surface area contributed by atoms with Gasteiger partial charge < -0.3 is 10.3 Å². The van der Waals surface area contributed by atoms with Crippen molar-refractivity contribution in [2.75, 3.05) is 11.5 Å². The Bertz CT molecular complexity index is 710. The molecule has 3 rings (SSSR count). The molecule has 2 N–H and O–H groups in total. The molecule has 0 bridgehead atoms. The monoisotopic (exact) mass is 293 g/mol. The molecule has 0 aromatic carbocycles. The SMILES string of the molecule is Nc1onc(C2CCCCS2(=O)=O)c1-c1ccccn1. The number of nitrogens with two attached hydrogens (primary N) is 1. The number of anilines is 1. The van der Waals surface area contributed by atoms with Crippen molar-refractivity contribution in [1.29, 1.82) is 0 Å². The number of hydrogen-bond acceptors (Lipinski definition) is 6. The lowest BCUT2D eigenvalue weighted by Gasteiger charge is -2.20. The maximum atomic E-state index is 12.2. The average molecular weight is 293 g/mol. The predicted molar refractivity (Wildman–Crippen MR) is 74.5 cm³/mol. The van der Waals surface area contributed by atoms with Crippen LogP contribution >= 0.6 is 0 Å². The summed E-state index contributed by atoms with van der Waals surface area (Å²) in [5.41, 5.74) is 7.28. The summed E-state index contributed by atoms with van der Waals surface area (Å²) >= 11 is 0. The maximum Gasteiger partial charge on any atom is 0.231 e. The van der Waals surface area contributed by atoms with Gasteiger partial charge in [-0.2, -0.15) is 0 Å². The van der Waals surface area contributed by atoms with Crippen LogP contribution < -0.4 is 5.73 Å². The number of nitrogen functional groups attached to an aromatic ring is 1. The summed E-state index contributed by atoms with van der Waals surface area (Å²) in [5.74, 6) is 0.297. The fraction of sp³-hybridized carbons (Fsp3) is 0.385. The van der Waals surface area contributed by atoms with Crippen LogP contribution in [-0.2, 0) is 9.84 Å². The van der Waals surface area contributed by atoms with Gasteiger partial charge in [0.15, 0.2) is 9.84 Å². The summed E-state index contributed by atoms with van der Waals surface area (Å²) in [5, 5.41) is 3.25. The third-order valence-electron chi connectivity index (χ3n) is 3.55. The molecule has 3 heterocycles. The van der Waals surface area contributed by atoms with Crippen molar-refractivity contribution < 1.29 is 12.9 Å². The van der Waals surface area contributed by atoms with E-state index in [0.29, 0.717) is 29.8 Å². The first-order valence-electron chi connectivity index (χ1n) is 6.47. The lowest BCUT2D eigenvalue weighted by atomic mass is 10.1. The first-order valence-corrected chi connectivity index (χ1v) is 8.19. The van der Waals surface area contributed by atoms with Crippen LogP contribution in [0.25, 0.3) is 11.3 Å². The quantitative estimate of drug-likeness (QED) is 0.908. The van der Waals surface area contributed by atoms with Crippen molar-refractivity contribution in [2.24, 2.45) is 0 Å². The van der Waals surface area contributed by atoms with Crippen LogP contribution in [0.5, 0.6) is 0 Å². The molecule has 0 saturated carbocycles. The molecule has 1 saturated heterocycles. The number of hydrogen-bond donors (Lipinski definition) is 1. The lowest BCUT2D eigenvalue weighted by Crippen LogP contribution is -2.22. The molecule has 1 aliphatic rings. The molecule has 106 valence electrons. The highest BCUT2D eigenvalue weighted by Gasteiger charge is 2.36. The molecular weight excluding hydrogens is 278 g/mol. The molecule has 1 atom stereocenters. The highest BCUT2D eigenvalue weighted by Crippen LogP contribution is 2.40. The van der Waals surface area contributed by atoms with Gasteiger partial charge in [-0.15, -0.1) is 0 Å². The molecule has 2 aromatic heterocycles. The molecule has 6 nitrogen and oxygen atoms in total. The Morgan fingerprint density at radius 1 is 1.30 bits per heavy atom. The van der Waals surface area contributed by atoms with Gasteiger partial charge in [0, 0.05) is 6.20 Å². The van der Waals surface area contributed by atoms with E-state index < -0.39 is 15.1 Å². The molecule has 1 unspecified atom stereocenters. The number of nitrogens with zero attached hydrogens (tertiary/aromatic N) is 2. The molecule has 0 radical (unpaired) electrons. The minimum atomic E-state index is -3.20. The van der Waals surface area contributed by atoms with Gasteiger partial charge in [-0.05, 0) is 25.0 Å². The van der Waals surface area contributed by atoms with E-state index in [1.165, 1.54) is 0 Å². The normalized spacial score (nSPS) is 21.7. The second kappa shape index (κ2) is 4.90. The van der Waals surface area contributed by atoms with E-state index >= 15 is 0 Å². The van der Waals surface area contributed by atoms with Crippen LogP contribution in [0.2, 0.25) is 0 Å². The molecule has 20 heavy (non-hydrogen) atoms. The van der Waals surface area contributed by atoms with Crippen LogP contribution in [0.3, 0.4) is 0 Å². The largest absolute Gasteiger partial charge is 0.367 e. The Balaban J connectivity index is 2.12. The van der Waals surface area contributed by atoms with Crippen LogP contribution in [0, 0.1) is 0 Å². The van der Waals surface area contributed by atoms with Gasteiger partial charge in [-0.1, -0.05) is 17.6 Å². The van der Waals surface area contributed by atoms with Crippen molar-refractivity contribution >= 4 is 15.7 Å². The Hall–Kier alpha value is -1.89. The predicted octanol–water partition coefficient (Wildman–Crippen LogP) is 1.96. The number of sulfone groups is 1. The van der Waals surface area contributed by atoms with Gasteiger partial charge in [0.25, 0.3) is 0 Å². The zero-order valence-corrected chi connectivity index (χ0v) is 11.6. The van der Waals surface area contributed by atoms with Crippen molar-refractivity contribution in [1.82, 2.24) is 10.1 Å². The van der Waals surface area contributed by atoms with Crippen LogP contribution in [0.4, 0.5) is 5.88 Å². The summed E-state index contributed by atoms with van der Waals surface area (Å²) in [6, 6.07) is 5.36.